The van der Waals surface area contributed by atoms with Gasteiger partial charge in [-0.1, -0.05) is 23.7 Å². The molecule has 1 aromatic rings. The molecule has 1 aliphatic rings. The van der Waals surface area contributed by atoms with Crippen LogP contribution in [-0.2, 0) is 10.5 Å². The first-order chi connectivity index (χ1) is 9.63. The van der Waals surface area contributed by atoms with Gasteiger partial charge < -0.3 is 10.4 Å². The number of aliphatic hydroxyl groups is 1. The van der Waals surface area contributed by atoms with Gasteiger partial charge in [0.25, 0.3) is 0 Å². The SMILES string of the molecule is O=C(CSCc1ccc(Cl)cc1)NCC1CCC(O)C1. The maximum absolute atomic E-state index is 11.7. The summed E-state index contributed by atoms with van der Waals surface area (Å²) in [5, 5.41) is 13.1. The number of carbonyl (C=O) groups is 1. The maximum Gasteiger partial charge on any atom is 0.230 e. The molecule has 0 spiro atoms. The van der Waals surface area contributed by atoms with Crippen molar-refractivity contribution in [1.29, 1.82) is 0 Å². The molecule has 2 atom stereocenters. The minimum absolute atomic E-state index is 0.0744. The highest BCUT2D eigenvalue weighted by atomic mass is 35.5. The minimum atomic E-state index is -0.170. The van der Waals surface area contributed by atoms with Crippen LogP contribution in [0.4, 0.5) is 0 Å². The van der Waals surface area contributed by atoms with Crippen molar-refractivity contribution < 1.29 is 9.90 Å². The summed E-state index contributed by atoms with van der Waals surface area (Å²) in [5.74, 6) is 1.80. The number of carbonyl (C=O) groups excluding carboxylic acids is 1. The summed E-state index contributed by atoms with van der Waals surface area (Å²) in [6.07, 6.45) is 2.53. The third-order valence-electron chi connectivity index (χ3n) is 3.52. The summed E-state index contributed by atoms with van der Waals surface area (Å²) < 4.78 is 0. The van der Waals surface area contributed by atoms with Gasteiger partial charge in [-0.2, -0.15) is 0 Å². The first kappa shape index (κ1) is 15.7. The molecule has 20 heavy (non-hydrogen) atoms. The zero-order valence-corrected chi connectivity index (χ0v) is 12.9. The second-order valence-corrected chi connectivity index (χ2v) is 6.68. The zero-order valence-electron chi connectivity index (χ0n) is 11.3. The van der Waals surface area contributed by atoms with Crippen LogP contribution in [0.1, 0.15) is 24.8 Å². The summed E-state index contributed by atoms with van der Waals surface area (Å²) in [5.41, 5.74) is 1.17. The van der Waals surface area contributed by atoms with Crippen molar-refractivity contribution in [2.75, 3.05) is 12.3 Å². The highest BCUT2D eigenvalue weighted by molar-refractivity contribution is 7.99. The van der Waals surface area contributed by atoms with Gasteiger partial charge in [0.05, 0.1) is 11.9 Å². The molecule has 2 rings (SSSR count). The Hall–Kier alpha value is -0.710. The Bertz CT molecular complexity index is 438. The van der Waals surface area contributed by atoms with E-state index in [1.54, 1.807) is 11.8 Å². The third-order valence-corrected chi connectivity index (χ3v) is 4.77. The number of rotatable bonds is 6. The lowest BCUT2D eigenvalue weighted by Crippen LogP contribution is -2.30. The largest absolute Gasteiger partial charge is 0.393 e. The molecule has 2 unspecified atom stereocenters. The molecule has 1 saturated carbocycles. The lowest BCUT2D eigenvalue weighted by molar-refractivity contribution is -0.118. The zero-order chi connectivity index (χ0) is 14.4. The molecular weight excluding hydrogens is 294 g/mol. The molecule has 110 valence electrons. The Labute approximate surface area is 129 Å². The first-order valence-corrected chi connectivity index (χ1v) is 8.43. The van der Waals surface area contributed by atoms with Crippen molar-refractivity contribution in [2.24, 2.45) is 5.92 Å². The van der Waals surface area contributed by atoms with E-state index in [1.807, 2.05) is 24.3 Å². The number of hydrogen-bond acceptors (Lipinski definition) is 3. The van der Waals surface area contributed by atoms with Gasteiger partial charge in [-0.25, -0.2) is 0 Å². The van der Waals surface area contributed by atoms with Crippen LogP contribution in [0.15, 0.2) is 24.3 Å². The normalized spacial score (nSPS) is 21.9. The summed E-state index contributed by atoms with van der Waals surface area (Å²) in [4.78, 5) is 11.7. The molecule has 0 saturated heterocycles. The van der Waals surface area contributed by atoms with Gasteiger partial charge in [-0.05, 0) is 42.9 Å². The van der Waals surface area contributed by atoms with Crippen LogP contribution in [0.5, 0.6) is 0 Å². The van der Waals surface area contributed by atoms with Crippen molar-refractivity contribution in [1.82, 2.24) is 5.32 Å². The van der Waals surface area contributed by atoms with Gasteiger partial charge in [-0.15, -0.1) is 11.8 Å². The molecule has 1 fully saturated rings. The molecule has 1 aliphatic carbocycles. The first-order valence-electron chi connectivity index (χ1n) is 6.90. The van der Waals surface area contributed by atoms with Gasteiger partial charge in [0.2, 0.25) is 5.91 Å². The lowest BCUT2D eigenvalue weighted by Gasteiger charge is -2.10. The Kier molecular flexibility index (Phi) is 6.20. The summed E-state index contributed by atoms with van der Waals surface area (Å²) >= 11 is 7.42. The van der Waals surface area contributed by atoms with E-state index in [9.17, 15) is 9.90 Å². The van der Waals surface area contributed by atoms with Gasteiger partial charge in [-0.3, -0.25) is 4.79 Å². The monoisotopic (exact) mass is 313 g/mol. The van der Waals surface area contributed by atoms with E-state index in [4.69, 9.17) is 11.6 Å². The van der Waals surface area contributed by atoms with Gasteiger partial charge in [0.15, 0.2) is 0 Å². The maximum atomic E-state index is 11.7. The Morgan fingerprint density at radius 1 is 1.35 bits per heavy atom. The van der Waals surface area contributed by atoms with Crippen LogP contribution in [-0.4, -0.2) is 29.4 Å². The lowest BCUT2D eigenvalue weighted by atomic mass is 10.1. The van der Waals surface area contributed by atoms with Crippen molar-refractivity contribution in [3.05, 3.63) is 34.9 Å². The smallest absolute Gasteiger partial charge is 0.230 e. The Morgan fingerprint density at radius 2 is 2.10 bits per heavy atom. The van der Waals surface area contributed by atoms with Crippen LogP contribution < -0.4 is 5.32 Å². The topological polar surface area (TPSA) is 49.3 Å². The third kappa shape index (κ3) is 5.35. The number of amides is 1. The van der Waals surface area contributed by atoms with E-state index in [0.29, 0.717) is 18.2 Å². The molecule has 0 aliphatic heterocycles. The van der Waals surface area contributed by atoms with Crippen LogP contribution in [0.3, 0.4) is 0 Å². The van der Waals surface area contributed by atoms with Crippen molar-refractivity contribution in [3.8, 4) is 0 Å². The molecular formula is C15H20ClNO2S. The summed E-state index contributed by atoms with van der Waals surface area (Å²) in [7, 11) is 0. The van der Waals surface area contributed by atoms with E-state index in [0.717, 1.165) is 30.0 Å². The van der Waals surface area contributed by atoms with Crippen molar-refractivity contribution in [3.63, 3.8) is 0 Å². The fourth-order valence-corrected chi connectivity index (χ4v) is 3.33. The molecule has 0 heterocycles. The van der Waals surface area contributed by atoms with Gasteiger partial charge in [0.1, 0.15) is 0 Å². The molecule has 5 heteroatoms. The fraction of sp³-hybridized carbons (Fsp3) is 0.533. The number of benzene rings is 1. The number of thioether (sulfide) groups is 1. The quantitative estimate of drug-likeness (QED) is 0.849. The van der Waals surface area contributed by atoms with Gasteiger partial charge >= 0.3 is 0 Å². The van der Waals surface area contributed by atoms with Crippen molar-refractivity contribution >= 4 is 29.3 Å². The Balaban J connectivity index is 1.59. The average Bonchev–Trinajstić information content (AvgIpc) is 2.85. The van der Waals surface area contributed by atoms with Crippen LogP contribution in [0.2, 0.25) is 5.02 Å². The van der Waals surface area contributed by atoms with E-state index < -0.39 is 0 Å². The molecule has 3 nitrogen and oxygen atoms in total. The fourth-order valence-electron chi connectivity index (χ4n) is 2.39. The number of nitrogens with one attached hydrogen (secondary N) is 1. The minimum Gasteiger partial charge on any atom is -0.393 e. The van der Waals surface area contributed by atoms with E-state index in [-0.39, 0.29) is 12.0 Å². The number of halogens is 1. The molecule has 1 amide bonds. The van der Waals surface area contributed by atoms with Crippen LogP contribution in [0, 0.1) is 5.92 Å². The average molecular weight is 314 g/mol. The molecule has 1 aromatic carbocycles. The van der Waals surface area contributed by atoms with Crippen LogP contribution >= 0.6 is 23.4 Å². The van der Waals surface area contributed by atoms with E-state index in [2.05, 4.69) is 5.32 Å². The predicted molar refractivity (Wildman–Crippen MR) is 84.0 cm³/mol. The standard InChI is InChI=1S/C15H20ClNO2S/c16-13-4-1-11(2-5-13)9-20-10-15(19)17-8-12-3-6-14(18)7-12/h1-2,4-5,12,14,18H,3,6-10H2,(H,17,19). The number of aliphatic hydroxyl groups excluding tert-OH is 1. The highest BCUT2D eigenvalue weighted by Gasteiger charge is 2.22. The Morgan fingerprint density at radius 3 is 2.75 bits per heavy atom. The molecule has 0 aromatic heterocycles. The van der Waals surface area contributed by atoms with E-state index >= 15 is 0 Å². The van der Waals surface area contributed by atoms with Crippen molar-refractivity contribution in [2.45, 2.75) is 31.1 Å². The number of hydrogen-bond donors (Lipinski definition) is 2. The highest BCUT2D eigenvalue weighted by Crippen LogP contribution is 2.24. The predicted octanol–water partition coefficient (Wildman–Crippen LogP) is 2.85. The van der Waals surface area contributed by atoms with Crippen LogP contribution in [0.25, 0.3) is 0 Å². The molecule has 2 N–H and O–H groups in total. The van der Waals surface area contributed by atoms with Gasteiger partial charge in [0, 0.05) is 17.3 Å². The second kappa shape index (κ2) is 7.91. The molecule has 0 radical (unpaired) electrons. The summed E-state index contributed by atoms with van der Waals surface area (Å²) in [6.45, 7) is 0.692. The second-order valence-electron chi connectivity index (χ2n) is 5.26. The molecule has 0 bridgehead atoms. The summed E-state index contributed by atoms with van der Waals surface area (Å²) in [6, 6.07) is 7.69. The van der Waals surface area contributed by atoms with E-state index in [1.165, 1.54) is 5.56 Å².